The van der Waals surface area contributed by atoms with Gasteiger partial charge in [0.25, 0.3) is 0 Å². The first-order valence-corrected chi connectivity index (χ1v) is 7.47. The SMILES string of the molecule is O=C[C@@H]1CC[C@@H]2CC(c3ccc(F)cc3)CC[C@@H]2C1. The van der Waals surface area contributed by atoms with Crippen LogP contribution in [0.25, 0.3) is 0 Å². The molecular weight excluding hydrogens is 239 g/mol. The average Bonchev–Trinajstić information content (AvgIpc) is 2.47. The highest BCUT2D eigenvalue weighted by molar-refractivity contribution is 5.53. The van der Waals surface area contributed by atoms with Gasteiger partial charge in [0.2, 0.25) is 0 Å². The maximum atomic E-state index is 13.0. The zero-order chi connectivity index (χ0) is 13.2. The summed E-state index contributed by atoms with van der Waals surface area (Å²) in [6, 6.07) is 7.03. The molecule has 0 bridgehead atoms. The molecule has 19 heavy (non-hydrogen) atoms. The van der Waals surface area contributed by atoms with Gasteiger partial charge in [0.15, 0.2) is 0 Å². The monoisotopic (exact) mass is 260 g/mol. The minimum Gasteiger partial charge on any atom is -0.303 e. The van der Waals surface area contributed by atoms with Gasteiger partial charge in [-0.15, -0.1) is 0 Å². The van der Waals surface area contributed by atoms with Crippen LogP contribution in [0.2, 0.25) is 0 Å². The fourth-order valence-corrected chi connectivity index (χ4v) is 4.09. The molecule has 0 radical (unpaired) electrons. The van der Waals surface area contributed by atoms with E-state index < -0.39 is 0 Å². The Bertz CT molecular complexity index is 439. The summed E-state index contributed by atoms with van der Waals surface area (Å²) < 4.78 is 13.0. The third-order valence-electron chi connectivity index (χ3n) is 5.19. The van der Waals surface area contributed by atoms with Crippen LogP contribution in [0.15, 0.2) is 24.3 Å². The average molecular weight is 260 g/mol. The third-order valence-corrected chi connectivity index (χ3v) is 5.19. The van der Waals surface area contributed by atoms with Crippen LogP contribution in [-0.2, 0) is 4.79 Å². The third kappa shape index (κ3) is 2.72. The maximum absolute atomic E-state index is 13.0. The molecule has 0 aromatic heterocycles. The van der Waals surface area contributed by atoms with Crippen molar-refractivity contribution in [3.05, 3.63) is 35.6 Å². The molecule has 0 N–H and O–H groups in total. The van der Waals surface area contributed by atoms with Gasteiger partial charge in [-0.3, -0.25) is 0 Å². The van der Waals surface area contributed by atoms with Crippen molar-refractivity contribution in [3.8, 4) is 0 Å². The lowest BCUT2D eigenvalue weighted by Crippen LogP contribution is -2.30. The summed E-state index contributed by atoms with van der Waals surface area (Å²) in [7, 11) is 0. The van der Waals surface area contributed by atoms with E-state index >= 15 is 0 Å². The molecule has 2 fully saturated rings. The second kappa shape index (κ2) is 5.44. The Labute approximate surface area is 114 Å². The molecule has 0 spiro atoms. The summed E-state index contributed by atoms with van der Waals surface area (Å²) in [4.78, 5) is 10.9. The number of benzene rings is 1. The zero-order valence-corrected chi connectivity index (χ0v) is 11.2. The Hall–Kier alpha value is -1.18. The van der Waals surface area contributed by atoms with Crippen LogP contribution in [0, 0.1) is 23.6 Å². The molecule has 3 rings (SSSR count). The number of halogens is 1. The van der Waals surface area contributed by atoms with Crippen LogP contribution in [0.3, 0.4) is 0 Å². The predicted octanol–water partition coefficient (Wildman–Crippen LogP) is 4.32. The fourth-order valence-electron chi connectivity index (χ4n) is 4.09. The lowest BCUT2D eigenvalue weighted by molar-refractivity contribution is -0.113. The number of fused-ring (bicyclic) bond motifs is 1. The Morgan fingerprint density at radius 1 is 0.947 bits per heavy atom. The molecule has 2 aliphatic rings. The van der Waals surface area contributed by atoms with E-state index in [0.717, 1.165) is 31.0 Å². The largest absolute Gasteiger partial charge is 0.303 e. The topological polar surface area (TPSA) is 17.1 Å². The molecular formula is C17H21FO. The molecule has 1 unspecified atom stereocenters. The van der Waals surface area contributed by atoms with E-state index in [2.05, 4.69) is 0 Å². The molecule has 0 aliphatic heterocycles. The molecule has 102 valence electrons. The van der Waals surface area contributed by atoms with E-state index in [1.807, 2.05) is 12.1 Å². The first-order chi connectivity index (χ1) is 9.26. The van der Waals surface area contributed by atoms with Crippen LogP contribution < -0.4 is 0 Å². The molecule has 2 aliphatic carbocycles. The smallest absolute Gasteiger partial charge is 0.123 e. The molecule has 4 atom stereocenters. The van der Waals surface area contributed by atoms with Gasteiger partial charge in [0.05, 0.1) is 0 Å². The highest BCUT2D eigenvalue weighted by Gasteiger charge is 2.35. The lowest BCUT2D eigenvalue weighted by Gasteiger charge is -2.41. The molecule has 2 saturated carbocycles. The Kier molecular flexibility index (Phi) is 3.67. The molecule has 0 saturated heterocycles. The summed E-state index contributed by atoms with van der Waals surface area (Å²) in [5, 5.41) is 0. The Balaban J connectivity index is 1.66. The van der Waals surface area contributed by atoms with Crippen LogP contribution in [-0.4, -0.2) is 6.29 Å². The molecule has 1 aromatic rings. The van der Waals surface area contributed by atoms with Crippen molar-refractivity contribution >= 4 is 6.29 Å². The first kappa shape index (κ1) is 12.8. The molecule has 1 aromatic carbocycles. The fraction of sp³-hybridized carbons (Fsp3) is 0.588. The number of hydrogen-bond acceptors (Lipinski definition) is 1. The first-order valence-electron chi connectivity index (χ1n) is 7.47. The van der Waals surface area contributed by atoms with Crippen LogP contribution in [0.1, 0.15) is 50.0 Å². The Morgan fingerprint density at radius 3 is 2.37 bits per heavy atom. The highest BCUT2D eigenvalue weighted by Crippen LogP contribution is 2.47. The molecule has 0 amide bonds. The molecule has 0 heterocycles. The van der Waals surface area contributed by atoms with E-state index in [9.17, 15) is 9.18 Å². The van der Waals surface area contributed by atoms with Gasteiger partial charge in [-0.05, 0) is 74.0 Å². The molecule has 1 nitrogen and oxygen atoms in total. The van der Waals surface area contributed by atoms with Gasteiger partial charge in [-0.1, -0.05) is 12.1 Å². The summed E-state index contributed by atoms with van der Waals surface area (Å²) in [6.45, 7) is 0. The quantitative estimate of drug-likeness (QED) is 0.723. The standard InChI is InChI=1S/C17H21FO/c18-17-7-5-13(6-8-17)15-4-3-14-9-12(11-19)1-2-16(14)10-15/h5-8,11-12,14-16H,1-4,9-10H2/t12-,14-,15?,16-/m1/s1. The van der Waals surface area contributed by atoms with Gasteiger partial charge >= 0.3 is 0 Å². The normalized spacial score (nSPS) is 34.6. The second-order valence-corrected chi connectivity index (χ2v) is 6.29. The zero-order valence-electron chi connectivity index (χ0n) is 11.2. The maximum Gasteiger partial charge on any atom is 0.123 e. The second-order valence-electron chi connectivity index (χ2n) is 6.29. The summed E-state index contributed by atoms with van der Waals surface area (Å²) in [5.41, 5.74) is 1.29. The number of aldehydes is 1. The number of carbonyl (C=O) groups excluding carboxylic acids is 1. The summed E-state index contributed by atoms with van der Waals surface area (Å²) in [5.74, 6) is 2.28. The van der Waals surface area contributed by atoms with E-state index in [-0.39, 0.29) is 5.82 Å². The van der Waals surface area contributed by atoms with Crippen molar-refractivity contribution in [2.45, 2.75) is 44.4 Å². The van der Waals surface area contributed by atoms with Gasteiger partial charge in [-0.25, -0.2) is 4.39 Å². The minimum atomic E-state index is -0.149. The molecule has 2 heteroatoms. The van der Waals surface area contributed by atoms with E-state index in [4.69, 9.17) is 0 Å². The van der Waals surface area contributed by atoms with Gasteiger partial charge in [-0.2, -0.15) is 0 Å². The van der Waals surface area contributed by atoms with Crippen LogP contribution >= 0.6 is 0 Å². The van der Waals surface area contributed by atoms with Crippen LogP contribution in [0.5, 0.6) is 0 Å². The highest BCUT2D eigenvalue weighted by atomic mass is 19.1. The van der Waals surface area contributed by atoms with E-state index in [1.165, 1.54) is 31.2 Å². The van der Waals surface area contributed by atoms with E-state index in [0.29, 0.717) is 11.8 Å². The van der Waals surface area contributed by atoms with Gasteiger partial charge in [0, 0.05) is 5.92 Å². The number of carbonyl (C=O) groups is 1. The van der Waals surface area contributed by atoms with Crippen molar-refractivity contribution in [2.24, 2.45) is 17.8 Å². The predicted molar refractivity (Wildman–Crippen MR) is 73.4 cm³/mol. The summed E-state index contributed by atoms with van der Waals surface area (Å²) >= 11 is 0. The van der Waals surface area contributed by atoms with Gasteiger partial charge in [0.1, 0.15) is 12.1 Å². The summed E-state index contributed by atoms with van der Waals surface area (Å²) in [6.07, 6.45) is 8.18. The number of hydrogen-bond donors (Lipinski definition) is 0. The van der Waals surface area contributed by atoms with Crippen molar-refractivity contribution in [1.82, 2.24) is 0 Å². The van der Waals surface area contributed by atoms with Crippen molar-refractivity contribution < 1.29 is 9.18 Å². The van der Waals surface area contributed by atoms with Crippen molar-refractivity contribution in [2.75, 3.05) is 0 Å². The minimum absolute atomic E-state index is 0.149. The Morgan fingerprint density at radius 2 is 1.63 bits per heavy atom. The van der Waals surface area contributed by atoms with Gasteiger partial charge < -0.3 is 4.79 Å². The van der Waals surface area contributed by atoms with Crippen LogP contribution in [0.4, 0.5) is 4.39 Å². The van der Waals surface area contributed by atoms with Crippen molar-refractivity contribution in [3.63, 3.8) is 0 Å². The lowest BCUT2D eigenvalue weighted by atomic mass is 9.64. The van der Waals surface area contributed by atoms with E-state index in [1.54, 1.807) is 12.1 Å². The van der Waals surface area contributed by atoms with Crippen molar-refractivity contribution in [1.29, 1.82) is 0 Å². The number of rotatable bonds is 2.